The number of oxazole rings is 1. The highest BCUT2D eigenvalue weighted by Crippen LogP contribution is 2.24. The minimum atomic E-state index is -0.380. The van der Waals surface area contributed by atoms with E-state index in [1.807, 2.05) is 43.7 Å². The fourth-order valence-corrected chi connectivity index (χ4v) is 3.18. The highest BCUT2D eigenvalue weighted by atomic mass is 19.1. The summed E-state index contributed by atoms with van der Waals surface area (Å²) in [5.74, 6) is 0.572. The van der Waals surface area contributed by atoms with E-state index in [9.17, 15) is 9.18 Å². The van der Waals surface area contributed by atoms with Gasteiger partial charge < -0.3 is 9.73 Å². The van der Waals surface area contributed by atoms with E-state index in [4.69, 9.17) is 4.42 Å². The average molecular weight is 404 g/mol. The molecule has 0 radical (unpaired) electrons. The number of hydrogen-bond acceptors (Lipinski definition) is 4. The fourth-order valence-electron chi connectivity index (χ4n) is 3.18. The highest BCUT2D eigenvalue weighted by Gasteiger charge is 2.14. The molecule has 0 bridgehead atoms. The first-order chi connectivity index (χ1) is 14.4. The second-order valence-corrected chi connectivity index (χ2v) is 7.15. The molecule has 152 valence electrons. The molecule has 2 heterocycles. The third-order valence-electron chi connectivity index (χ3n) is 4.79. The van der Waals surface area contributed by atoms with Crippen LogP contribution in [0.15, 0.2) is 59.0 Å². The van der Waals surface area contributed by atoms with Gasteiger partial charge in [0, 0.05) is 22.5 Å². The maximum absolute atomic E-state index is 13.0. The number of carbonyl (C=O) groups excluding carboxylic acids is 1. The number of aryl methyl sites for hydroxylation is 3. The second kappa shape index (κ2) is 7.94. The predicted molar refractivity (Wildman–Crippen MR) is 112 cm³/mol. The monoisotopic (exact) mass is 404 g/mol. The Labute approximate surface area is 173 Å². The molecule has 0 saturated carbocycles. The maximum atomic E-state index is 13.0. The first-order valence-electron chi connectivity index (χ1n) is 9.54. The summed E-state index contributed by atoms with van der Waals surface area (Å²) >= 11 is 0. The molecule has 0 spiro atoms. The van der Waals surface area contributed by atoms with Crippen LogP contribution < -0.4 is 5.32 Å². The van der Waals surface area contributed by atoms with Gasteiger partial charge >= 0.3 is 0 Å². The zero-order valence-corrected chi connectivity index (χ0v) is 16.9. The zero-order chi connectivity index (χ0) is 21.3. The number of amides is 1. The topological polar surface area (TPSA) is 73.0 Å². The third-order valence-corrected chi connectivity index (χ3v) is 4.79. The molecule has 7 heteroatoms. The van der Waals surface area contributed by atoms with Crippen molar-refractivity contribution in [1.29, 1.82) is 0 Å². The van der Waals surface area contributed by atoms with Gasteiger partial charge in [0.05, 0.1) is 12.2 Å². The van der Waals surface area contributed by atoms with Gasteiger partial charge in [-0.3, -0.25) is 9.48 Å². The highest BCUT2D eigenvalue weighted by molar-refractivity contribution is 6.04. The lowest BCUT2D eigenvalue weighted by atomic mass is 10.2. The molecule has 0 aliphatic carbocycles. The molecule has 0 aliphatic rings. The summed E-state index contributed by atoms with van der Waals surface area (Å²) in [6.45, 7) is 6.39. The number of halogens is 1. The van der Waals surface area contributed by atoms with Gasteiger partial charge in [0.1, 0.15) is 17.3 Å². The summed E-state index contributed by atoms with van der Waals surface area (Å²) in [6, 6.07) is 14.6. The van der Waals surface area contributed by atoms with Crippen LogP contribution in [0.1, 0.15) is 33.2 Å². The quantitative estimate of drug-likeness (QED) is 0.513. The first-order valence-corrected chi connectivity index (χ1v) is 9.54. The Kier molecular flexibility index (Phi) is 5.18. The summed E-state index contributed by atoms with van der Waals surface area (Å²) in [5.41, 5.74) is 4.67. The van der Waals surface area contributed by atoms with E-state index < -0.39 is 0 Å². The van der Waals surface area contributed by atoms with E-state index in [2.05, 4.69) is 15.4 Å². The van der Waals surface area contributed by atoms with Crippen molar-refractivity contribution in [3.63, 3.8) is 0 Å². The van der Waals surface area contributed by atoms with Crippen LogP contribution >= 0.6 is 0 Å². The number of benzene rings is 2. The normalized spacial score (nSPS) is 10.9. The molecule has 0 aliphatic heterocycles. The van der Waals surface area contributed by atoms with E-state index in [0.717, 1.165) is 28.4 Å². The lowest BCUT2D eigenvalue weighted by Gasteiger charge is -2.06. The summed E-state index contributed by atoms with van der Waals surface area (Å²) in [4.78, 5) is 16.9. The van der Waals surface area contributed by atoms with Crippen LogP contribution in [0.2, 0.25) is 0 Å². The van der Waals surface area contributed by atoms with Crippen molar-refractivity contribution in [3.05, 3.63) is 88.8 Å². The van der Waals surface area contributed by atoms with Crippen molar-refractivity contribution in [2.45, 2.75) is 27.3 Å². The minimum absolute atomic E-state index is 0.304. The molecule has 0 atom stereocenters. The molecular weight excluding hydrogens is 383 g/mol. The number of nitrogens with one attached hydrogen (secondary N) is 1. The molecule has 1 N–H and O–H groups in total. The largest absolute Gasteiger partial charge is 0.441 e. The number of carbonyl (C=O) groups is 1. The Morgan fingerprint density at radius 2 is 1.77 bits per heavy atom. The molecule has 1 amide bonds. The SMILES string of the molecule is Cc1cc(C)n(Cc2nc(-c3ccc(NC(=O)c4ccc(F)cc4)cc3)oc2C)n1. The van der Waals surface area contributed by atoms with Gasteiger partial charge in [-0.25, -0.2) is 9.37 Å². The molecule has 2 aromatic heterocycles. The molecule has 4 rings (SSSR count). The van der Waals surface area contributed by atoms with Gasteiger partial charge in [-0.15, -0.1) is 0 Å². The van der Waals surface area contributed by atoms with Gasteiger partial charge in [0.15, 0.2) is 0 Å². The van der Waals surface area contributed by atoms with Gasteiger partial charge in [0.2, 0.25) is 5.89 Å². The molecule has 30 heavy (non-hydrogen) atoms. The van der Waals surface area contributed by atoms with Gasteiger partial charge in [0.25, 0.3) is 5.91 Å². The average Bonchev–Trinajstić information content (AvgIpc) is 3.24. The van der Waals surface area contributed by atoms with Crippen LogP contribution in [0.4, 0.5) is 10.1 Å². The Hall–Kier alpha value is -3.74. The summed E-state index contributed by atoms with van der Waals surface area (Å²) in [5, 5.41) is 7.26. The van der Waals surface area contributed by atoms with E-state index in [1.165, 1.54) is 24.3 Å². The molecular formula is C23H21FN4O2. The summed E-state index contributed by atoms with van der Waals surface area (Å²) in [7, 11) is 0. The van der Waals surface area contributed by atoms with Crippen molar-refractivity contribution in [2.24, 2.45) is 0 Å². The molecule has 4 aromatic rings. The Morgan fingerprint density at radius 3 is 2.40 bits per heavy atom. The van der Waals surface area contributed by atoms with Crippen LogP contribution in [0.25, 0.3) is 11.5 Å². The minimum Gasteiger partial charge on any atom is -0.441 e. The lowest BCUT2D eigenvalue weighted by molar-refractivity contribution is 0.102. The Morgan fingerprint density at radius 1 is 1.07 bits per heavy atom. The lowest BCUT2D eigenvalue weighted by Crippen LogP contribution is -2.11. The fraction of sp³-hybridized carbons (Fsp3) is 0.174. The molecule has 6 nitrogen and oxygen atoms in total. The van der Waals surface area contributed by atoms with E-state index >= 15 is 0 Å². The summed E-state index contributed by atoms with van der Waals surface area (Å²) < 4.78 is 20.8. The standard InChI is InChI=1S/C23H21FN4O2/c1-14-12-15(2)28(27-14)13-21-16(3)30-23(26-21)18-6-10-20(11-7-18)25-22(29)17-4-8-19(24)9-5-17/h4-12H,13H2,1-3H3,(H,25,29). The van der Waals surface area contributed by atoms with Crippen LogP contribution in [0.3, 0.4) is 0 Å². The smallest absolute Gasteiger partial charge is 0.255 e. The Balaban J connectivity index is 1.48. The number of hydrogen-bond donors (Lipinski definition) is 1. The van der Waals surface area contributed by atoms with E-state index in [-0.39, 0.29) is 11.7 Å². The maximum Gasteiger partial charge on any atom is 0.255 e. The van der Waals surface area contributed by atoms with Crippen molar-refractivity contribution in [1.82, 2.24) is 14.8 Å². The number of aromatic nitrogens is 3. The van der Waals surface area contributed by atoms with E-state index in [1.54, 1.807) is 12.1 Å². The van der Waals surface area contributed by atoms with Crippen LogP contribution in [-0.4, -0.2) is 20.7 Å². The van der Waals surface area contributed by atoms with Gasteiger partial charge in [-0.1, -0.05) is 0 Å². The van der Waals surface area contributed by atoms with Crippen molar-refractivity contribution < 1.29 is 13.6 Å². The van der Waals surface area contributed by atoms with Gasteiger partial charge in [-0.05, 0) is 75.4 Å². The number of rotatable bonds is 5. The Bertz CT molecular complexity index is 1190. The molecule has 0 saturated heterocycles. The van der Waals surface area contributed by atoms with Crippen molar-refractivity contribution in [2.75, 3.05) is 5.32 Å². The molecule has 0 fully saturated rings. The van der Waals surface area contributed by atoms with Crippen LogP contribution in [0, 0.1) is 26.6 Å². The zero-order valence-electron chi connectivity index (χ0n) is 16.9. The summed E-state index contributed by atoms with van der Waals surface area (Å²) in [6.07, 6.45) is 0. The number of nitrogens with zero attached hydrogens (tertiary/aromatic N) is 3. The van der Waals surface area contributed by atoms with Crippen molar-refractivity contribution >= 4 is 11.6 Å². The second-order valence-electron chi connectivity index (χ2n) is 7.15. The van der Waals surface area contributed by atoms with Gasteiger partial charge in [-0.2, -0.15) is 5.10 Å². The number of anilines is 1. The molecule has 2 aromatic carbocycles. The third kappa shape index (κ3) is 4.15. The van der Waals surface area contributed by atoms with Crippen LogP contribution in [-0.2, 0) is 6.54 Å². The predicted octanol–water partition coefficient (Wildman–Crippen LogP) is 4.90. The first kappa shape index (κ1) is 19.6. The van der Waals surface area contributed by atoms with Crippen LogP contribution in [0.5, 0.6) is 0 Å². The molecule has 0 unspecified atom stereocenters. The van der Waals surface area contributed by atoms with Crippen molar-refractivity contribution in [3.8, 4) is 11.5 Å². The van der Waals surface area contributed by atoms with E-state index in [0.29, 0.717) is 23.7 Å².